The number of benzene rings is 2. The maximum atomic E-state index is 10.9. The fraction of sp³-hybridized carbons (Fsp3) is 0. The molecule has 4 N–H and O–H groups in total. The number of hydrazone groups is 1. The number of nitrogens with zero attached hydrogens (tertiary/aromatic N) is 1. The number of carbonyl (C=O) groups excluding carboxylic acids is 1. The average molecular weight is 323 g/mol. The summed E-state index contributed by atoms with van der Waals surface area (Å²) in [6, 6.07) is 13.9. The van der Waals surface area contributed by atoms with Crippen molar-refractivity contribution in [3.63, 3.8) is 0 Å². The van der Waals surface area contributed by atoms with E-state index in [0.717, 1.165) is 16.7 Å². The maximum absolute atomic E-state index is 10.9. The number of nitrogens with one attached hydrogen (secondary N) is 2. The molecule has 0 aliphatic heterocycles. The smallest absolute Gasteiger partial charge is 0.267 e. The molecule has 0 radical (unpaired) electrons. The molecule has 1 amide bonds. The lowest BCUT2D eigenvalue weighted by Crippen LogP contribution is -2.14. The van der Waals surface area contributed by atoms with Crippen LogP contribution in [0.1, 0.15) is 16.7 Å². The van der Waals surface area contributed by atoms with Gasteiger partial charge in [0.1, 0.15) is 5.75 Å². The number of phenolic OH excluding ortho intramolecular Hbond substituents is 1. The fourth-order valence-electron chi connectivity index (χ4n) is 1.81. The lowest BCUT2D eigenvalue weighted by atomic mass is 10.1. The maximum Gasteiger partial charge on any atom is 0.267 e. The molecule has 0 heterocycles. The molecule has 0 aliphatic carbocycles. The van der Waals surface area contributed by atoms with Crippen LogP contribution in [0, 0.1) is 0 Å². The molecule has 0 unspecified atom stereocenters. The highest BCUT2D eigenvalue weighted by Gasteiger charge is 1.98. The molecule has 0 spiro atoms. The summed E-state index contributed by atoms with van der Waals surface area (Å²) in [4.78, 5) is 10.9. The summed E-state index contributed by atoms with van der Waals surface area (Å²) >= 11 is 0. The SMILES string of the molecule is C=C(N/N=C/c1ccc(O)cc1)c1ccc(/C=C/C(=O)NO)cc1. The molecular formula is C18H17N3O3. The van der Waals surface area contributed by atoms with Gasteiger partial charge in [-0.2, -0.15) is 5.10 Å². The zero-order valence-electron chi connectivity index (χ0n) is 12.8. The second-order valence-electron chi connectivity index (χ2n) is 4.87. The minimum atomic E-state index is -0.589. The summed E-state index contributed by atoms with van der Waals surface area (Å²) in [5.74, 6) is -0.385. The zero-order valence-corrected chi connectivity index (χ0v) is 12.8. The highest BCUT2D eigenvalue weighted by molar-refractivity contribution is 5.90. The van der Waals surface area contributed by atoms with Gasteiger partial charge < -0.3 is 5.11 Å². The Balaban J connectivity index is 1.93. The number of rotatable bonds is 6. The van der Waals surface area contributed by atoms with E-state index in [9.17, 15) is 9.90 Å². The summed E-state index contributed by atoms with van der Waals surface area (Å²) in [5.41, 5.74) is 7.48. The molecule has 2 aromatic carbocycles. The second-order valence-corrected chi connectivity index (χ2v) is 4.87. The van der Waals surface area contributed by atoms with Crippen molar-refractivity contribution in [1.82, 2.24) is 10.9 Å². The van der Waals surface area contributed by atoms with Crippen LogP contribution >= 0.6 is 0 Å². The molecule has 0 bridgehead atoms. The summed E-state index contributed by atoms with van der Waals surface area (Å²) in [7, 11) is 0. The van der Waals surface area contributed by atoms with E-state index in [-0.39, 0.29) is 5.75 Å². The van der Waals surface area contributed by atoms with E-state index in [1.807, 2.05) is 24.3 Å². The minimum Gasteiger partial charge on any atom is -0.508 e. The third-order valence-corrected chi connectivity index (χ3v) is 3.10. The lowest BCUT2D eigenvalue weighted by Gasteiger charge is -2.05. The molecule has 0 saturated heterocycles. The Kier molecular flexibility index (Phi) is 5.88. The Morgan fingerprint density at radius 1 is 1.04 bits per heavy atom. The van der Waals surface area contributed by atoms with Gasteiger partial charge in [-0.05, 0) is 47.0 Å². The molecule has 2 rings (SSSR count). The third-order valence-electron chi connectivity index (χ3n) is 3.10. The van der Waals surface area contributed by atoms with Gasteiger partial charge in [0, 0.05) is 6.08 Å². The van der Waals surface area contributed by atoms with Crippen LogP contribution in [0.3, 0.4) is 0 Å². The van der Waals surface area contributed by atoms with Crippen molar-refractivity contribution in [2.75, 3.05) is 0 Å². The van der Waals surface area contributed by atoms with E-state index in [1.165, 1.54) is 11.6 Å². The van der Waals surface area contributed by atoms with Gasteiger partial charge in [0.15, 0.2) is 0 Å². The first-order valence-electron chi connectivity index (χ1n) is 7.08. The normalized spacial score (nSPS) is 10.9. The number of carbonyl (C=O) groups is 1. The summed E-state index contributed by atoms with van der Waals surface area (Å²) < 4.78 is 0. The van der Waals surface area contributed by atoms with Crippen molar-refractivity contribution in [3.8, 4) is 5.75 Å². The first-order chi connectivity index (χ1) is 11.6. The predicted molar refractivity (Wildman–Crippen MR) is 93.3 cm³/mol. The molecule has 24 heavy (non-hydrogen) atoms. The Bertz CT molecular complexity index is 763. The first-order valence-corrected chi connectivity index (χ1v) is 7.08. The highest BCUT2D eigenvalue weighted by Crippen LogP contribution is 2.12. The number of hydroxylamine groups is 1. The molecule has 122 valence electrons. The fourth-order valence-corrected chi connectivity index (χ4v) is 1.81. The molecule has 0 fully saturated rings. The highest BCUT2D eigenvalue weighted by atomic mass is 16.5. The number of aromatic hydroxyl groups is 1. The Hall–Kier alpha value is -3.38. The number of amides is 1. The average Bonchev–Trinajstić information content (AvgIpc) is 2.61. The van der Waals surface area contributed by atoms with E-state index in [2.05, 4.69) is 17.1 Å². The van der Waals surface area contributed by atoms with Gasteiger partial charge in [0.05, 0.1) is 11.9 Å². The monoisotopic (exact) mass is 323 g/mol. The molecule has 0 aromatic heterocycles. The molecule has 0 saturated carbocycles. The standard InChI is InChI=1S/C18H17N3O3/c1-13(20-19-12-15-4-9-17(22)10-5-15)16-7-2-14(3-8-16)6-11-18(23)21-24/h2-12,20,22,24H,1H2,(H,21,23)/b11-6+,19-12+. The second kappa shape index (κ2) is 8.30. The zero-order chi connectivity index (χ0) is 17.4. The molecule has 0 aliphatic rings. The van der Waals surface area contributed by atoms with Crippen LogP contribution in [-0.4, -0.2) is 22.4 Å². The molecule has 6 heteroatoms. The van der Waals surface area contributed by atoms with E-state index < -0.39 is 5.91 Å². The van der Waals surface area contributed by atoms with Gasteiger partial charge in [0.25, 0.3) is 5.91 Å². The van der Waals surface area contributed by atoms with Crippen molar-refractivity contribution >= 4 is 23.9 Å². The molecular weight excluding hydrogens is 306 g/mol. The van der Waals surface area contributed by atoms with Crippen molar-refractivity contribution in [2.45, 2.75) is 0 Å². The molecule has 6 nitrogen and oxygen atoms in total. The van der Waals surface area contributed by atoms with Crippen LogP contribution in [0.2, 0.25) is 0 Å². The van der Waals surface area contributed by atoms with Crippen molar-refractivity contribution in [3.05, 3.63) is 77.9 Å². The van der Waals surface area contributed by atoms with Crippen molar-refractivity contribution in [1.29, 1.82) is 0 Å². The van der Waals surface area contributed by atoms with E-state index in [0.29, 0.717) is 5.70 Å². The van der Waals surface area contributed by atoms with E-state index >= 15 is 0 Å². The Morgan fingerprint density at radius 2 is 1.67 bits per heavy atom. The van der Waals surface area contributed by atoms with Gasteiger partial charge in [-0.3, -0.25) is 15.4 Å². The minimum absolute atomic E-state index is 0.204. The van der Waals surface area contributed by atoms with Gasteiger partial charge >= 0.3 is 0 Å². The van der Waals surface area contributed by atoms with Gasteiger partial charge in [-0.15, -0.1) is 0 Å². The Labute approximate surface area is 139 Å². The number of hydrogen-bond donors (Lipinski definition) is 4. The topological polar surface area (TPSA) is 94.0 Å². The van der Waals surface area contributed by atoms with Crippen molar-refractivity contribution < 1.29 is 15.1 Å². The summed E-state index contributed by atoms with van der Waals surface area (Å²) in [6.07, 6.45) is 4.42. The Morgan fingerprint density at radius 3 is 2.29 bits per heavy atom. The van der Waals surface area contributed by atoms with Crippen LogP contribution in [0.4, 0.5) is 0 Å². The van der Waals surface area contributed by atoms with Crippen LogP contribution in [0.15, 0.2) is 66.3 Å². The van der Waals surface area contributed by atoms with Crippen LogP contribution in [0.25, 0.3) is 11.8 Å². The van der Waals surface area contributed by atoms with Crippen LogP contribution < -0.4 is 10.9 Å². The lowest BCUT2D eigenvalue weighted by molar-refractivity contribution is -0.124. The van der Waals surface area contributed by atoms with Crippen LogP contribution in [-0.2, 0) is 4.79 Å². The predicted octanol–water partition coefficient (Wildman–Crippen LogP) is 2.51. The largest absolute Gasteiger partial charge is 0.508 e. The number of phenols is 1. The van der Waals surface area contributed by atoms with Gasteiger partial charge in [-0.1, -0.05) is 30.8 Å². The first kappa shape index (κ1) is 17.0. The van der Waals surface area contributed by atoms with E-state index in [4.69, 9.17) is 5.21 Å². The quantitative estimate of drug-likeness (QED) is 0.284. The van der Waals surface area contributed by atoms with Crippen molar-refractivity contribution in [2.24, 2.45) is 5.10 Å². The number of hydrogen-bond acceptors (Lipinski definition) is 5. The van der Waals surface area contributed by atoms with E-state index in [1.54, 1.807) is 36.6 Å². The third kappa shape index (κ3) is 5.11. The van der Waals surface area contributed by atoms with Gasteiger partial charge in [0.2, 0.25) is 0 Å². The molecule has 2 aromatic rings. The molecule has 0 atom stereocenters. The van der Waals surface area contributed by atoms with Crippen LogP contribution in [0.5, 0.6) is 5.75 Å². The summed E-state index contributed by atoms with van der Waals surface area (Å²) in [5, 5.41) is 21.7. The van der Waals surface area contributed by atoms with Gasteiger partial charge in [-0.25, -0.2) is 5.48 Å². The summed E-state index contributed by atoms with van der Waals surface area (Å²) in [6.45, 7) is 3.91.